The number of aromatic nitrogens is 3. The van der Waals surface area contributed by atoms with Crippen molar-refractivity contribution in [2.45, 2.75) is 4.90 Å². The summed E-state index contributed by atoms with van der Waals surface area (Å²) in [5.74, 6) is 0.272. The van der Waals surface area contributed by atoms with Gasteiger partial charge in [-0.25, -0.2) is 8.42 Å². The van der Waals surface area contributed by atoms with E-state index in [1.54, 1.807) is 58.8 Å². The van der Waals surface area contributed by atoms with Crippen molar-refractivity contribution in [2.75, 3.05) is 10.0 Å². The highest BCUT2D eigenvalue weighted by molar-refractivity contribution is 7.92. The highest BCUT2D eigenvalue weighted by atomic mass is 32.2. The maximum absolute atomic E-state index is 12.8. The van der Waals surface area contributed by atoms with E-state index in [0.29, 0.717) is 22.8 Å². The fraction of sp³-hybridized carbons (Fsp3) is 0.0476. The second-order valence-corrected chi connectivity index (χ2v) is 8.23. The van der Waals surface area contributed by atoms with Gasteiger partial charge in [0.15, 0.2) is 0 Å². The molecule has 4 rings (SSSR count). The number of amides is 1. The highest BCUT2D eigenvalue weighted by Gasteiger charge is 2.18. The third kappa shape index (κ3) is 3.96. The standard InChI is InChI=1S/C21H19N5O3S/c1-25-21(26-12-5-6-13-26)19(15-22-25)20(27)23-16-8-7-9-17(14-16)24-30(28,29)18-10-3-2-4-11-18/h2-15,24H,1H3,(H,23,27). The average molecular weight is 421 g/mol. The fourth-order valence-electron chi connectivity index (χ4n) is 3.05. The smallest absolute Gasteiger partial charge is 0.261 e. The summed E-state index contributed by atoms with van der Waals surface area (Å²) >= 11 is 0. The monoisotopic (exact) mass is 421 g/mol. The molecule has 2 heterocycles. The van der Waals surface area contributed by atoms with Gasteiger partial charge >= 0.3 is 0 Å². The highest BCUT2D eigenvalue weighted by Crippen LogP contribution is 2.21. The summed E-state index contributed by atoms with van der Waals surface area (Å²) in [6.45, 7) is 0. The van der Waals surface area contributed by atoms with E-state index in [-0.39, 0.29) is 10.8 Å². The van der Waals surface area contributed by atoms with Gasteiger partial charge in [0.1, 0.15) is 11.4 Å². The topological polar surface area (TPSA) is 98.0 Å². The zero-order valence-electron chi connectivity index (χ0n) is 16.1. The number of carbonyl (C=O) groups is 1. The lowest BCUT2D eigenvalue weighted by Gasteiger charge is -2.11. The largest absolute Gasteiger partial charge is 0.322 e. The molecule has 1 amide bonds. The van der Waals surface area contributed by atoms with Gasteiger partial charge in [-0.05, 0) is 42.5 Å². The first-order chi connectivity index (χ1) is 14.4. The minimum Gasteiger partial charge on any atom is -0.322 e. The molecule has 0 fully saturated rings. The number of hydrogen-bond donors (Lipinski definition) is 2. The van der Waals surface area contributed by atoms with Crippen LogP contribution in [-0.2, 0) is 17.1 Å². The maximum Gasteiger partial charge on any atom is 0.261 e. The Morgan fingerprint density at radius 1 is 0.933 bits per heavy atom. The molecule has 8 nitrogen and oxygen atoms in total. The fourth-order valence-corrected chi connectivity index (χ4v) is 4.12. The number of anilines is 2. The van der Waals surface area contributed by atoms with Crippen molar-refractivity contribution in [3.8, 4) is 5.82 Å². The van der Waals surface area contributed by atoms with Crippen molar-refractivity contribution in [1.29, 1.82) is 0 Å². The molecule has 2 N–H and O–H groups in total. The van der Waals surface area contributed by atoms with E-state index < -0.39 is 10.0 Å². The Morgan fingerprint density at radius 3 is 2.37 bits per heavy atom. The van der Waals surface area contributed by atoms with E-state index in [0.717, 1.165) is 0 Å². The minimum atomic E-state index is -3.72. The average Bonchev–Trinajstić information content (AvgIpc) is 3.38. The summed E-state index contributed by atoms with van der Waals surface area (Å²) in [7, 11) is -1.97. The minimum absolute atomic E-state index is 0.158. The first-order valence-electron chi connectivity index (χ1n) is 9.09. The van der Waals surface area contributed by atoms with Crippen LogP contribution in [0.3, 0.4) is 0 Å². The summed E-state index contributed by atoms with van der Waals surface area (Å²) in [4.78, 5) is 13.0. The van der Waals surface area contributed by atoms with Crippen LogP contribution in [0.4, 0.5) is 11.4 Å². The molecule has 0 atom stereocenters. The molecule has 0 spiro atoms. The van der Waals surface area contributed by atoms with Gasteiger partial charge < -0.3 is 9.88 Å². The summed E-state index contributed by atoms with van der Waals surface area (Å²) in [5.41, 5.74) is 1.19. The Labute approximate surface area is 173 Å². The van der Waals surface area contributed by atoms with Crippen LogP contribution >= 0.6 is 0 Å². The summed E-state index contributed by atoms with van der Waals surface area (Å²) in [5, 5.41) is 6.98. The van der Waals surface area contributed by atoms with Crippen molar-refractivity contribution < 1.29 is 13.2 Å². The predicted octanol–water partition coefficient (Wildman–Crippen LogP) is 3.26. The quantitative estimate of drug-likeness (QED) is 0.499. The van der Waals surface area contributed by atoms with Gasteiger partial charge in [0.25, 0.3) is 15.9 Å². The van der Waals surface area contributed by atoms with Crippen LogP contribution in [0.1, 0.15) is 10.4 Å². The van der Waals surface area contributed by atoms with Crippen LogP contribution in [0.15, 0.2) is 90.2 Å². The van der Waals surface area contributed by atoms with Crippen LogP contribution < -0.4 is 10.0 Å². The molecular weight excluding hydrogens is 402 g/mol. The zero-order valence-corrected chi connectivity index (χ0v) is 16.9. The Balaban J connectivity index is 1.55. The first-order valence-corrected chi connectivity index (χ1v) is 10.6. The van der Waals surface area contributed by atoms with Gasteiger partial charge in [-0.3, -0.25) is 14.2 Å². The second-order valence-electron chi connectivity index (χ2n) is 6.55. The Bertz CT molecular complexity index is 1280. The van der Waals surface area contributed by atoms with Gasteiger partial charge in [0.2, 0.25) is 0 Å². The molecule has 30 heavy (non-hydrogen) atoms. The number of benzene rings is 2. The molecule has 0 radical (unpaired) electrons. The van der Waals surface area contributed by atoms with Crippen LogP contribution in [0.25, 0.3) is 5.82 Å². The number of carbonyl (C=O) groups excluding carboxylic acids is 1. The predicted molar refractivity (Wildman–Crippen MR) is 114 cm³/mol. The van der Waals surface area contributed by atoms with Crippen molar-refractivity contribution in [3.05, 3.63) is 90.9 Å². The normalized spacial score (nSPS) is 11.2. The lowest BCUT2D eigenvalue weighted by atomic mass is 10.2. The molecule has 0 bridgehead atoms. The molecule has 0 aliphatic heterocycles. The molecule has 9 heteroatoms. The molecule has 0 saturated carbocycles. The van der Waals surface area contributed by atoms with Crippen LogP contribution in [0.2, 0.25) is 0 Å². The lowest BCUT2D eigenvalue weighted by molar-refractivity contribution is 0.102. The molecule has 0 saturated heterocycles. The number of nitrogens with zero attached hydrogens (tertiary/aromatic N) is 3. The van der Waals surface area contributed by atoms with Gasteiger partial charge in [-0.15, -0.1) is 0 Å². The first kappa shape index (κ1) is 19.5. The van der Waals surface area contributed by atoms with Gasteiger partial charge in [0, 0.05) is 25.1 Å². The van der Waals surface area contributed by atoms with Crippen LogP contribution in [0, 0.1) is 0 Å². The number of aryl methyl sites for hydroxylation is 1. The summed E-state index contributed by atoms with van der Waals surface area (Å²) in [6, 6.07) is 18.3. The third-order valence-electron chi connectivity index (χ3n) is 4.43. The SMILES string of the molecule is Cn1ncc(C(=O)Nc2cccc(NS(=O)(=O)c3ccccc3)c2)c1-n1cccc1. The van der Waals surface area contributed by atoms with Crippen molar-refractivity contribution >= 4 is 27.3 Å². The van der Waals surface area contributed by atoms with Gasteiger partial charge in [-0.2, -0.15) is 5.10 Å². The van der Waals surface area contributed by atoms with Crippen LogP contribution in [0.5, 0.6) is 0 Å². The number of hydrogen-bond acceptors (Lipinski definition) is 4. The molecule has 2 aromatic heterocycles. The van der Waals surface area contributed by atoms with E-state index in [9.17, 15) is 13.2 Å². The zero-order chi connectivity index (χ0) is 21.1. The van der Waals surface area contributed by atoms with E-state index in [4.69, 9.17) is 0 Å². The molecule has 4 aromatic rings. The van der Waals surface area contributed by atoms with Gasteiger partial charge in [0.05, 0.1) is 16.8 Å². The number of rotatable bonds is 6. The van der Waals surface area contributed by atoms with E-state index in [1.165, 1.54) is 18.3 Å². The molecule has 0 aliphatic carbocycles. The van der Waals surface area contributed by atoms with Crippen molar-refractivity contribution in [3.63, 3.8) is 0 Å². The number of nitrogens with one attached hydrogen (secondary N) is 2. The van der Waals surface area contributed by atoms with Gasteiger partial charge in [-0.1, -0.05) is 24.3 Å². The molecule has 152 valence electrons. The Morgan fingerprint density at radius 2 is 1.63 bits per heavy atom. The van der Waals surface area contributed by atoms with Crippen LogP contribution in [-0.4, -0.2) is 28.7 Å². The Hall–Kier alpha value is -3.85. The summed E-state index contributed by atoms with van der Waals surface area (Å²) < 4.78 is 31.0. The van der Waals surface area contributed by atoms with E-state index in [1.807, 2.05) is 24.5 Å². The van der Waals surface area contributed by atoms with E-state index >= 15 is 0 Å². The molecule has 0 unspecified atom stereocenters. The number of sulfonamides is 1. The second kappa shape index (κ2) is 7.88. The summed E-state index contributed by atoms with van der Waals surface area (Å²) in [6.07, 6.45) is 5.15. The van der Waals surface area contributed by atoms with Crippen molar-refractivity contribution in [2.24, 2.45) is 7.05 Å². The van der Waals surface area contributed by atoms with E-state index in [2.05, 4.69) is 15.1 Å². The molecule has 2 aromatic carbocycles. The lowest BCUT2D eigenvalue weighted by Crippen LogP contribution is -2.16. The van der Waals surface area contributed by atoms with Crippen molar-refractivity contribution in [1.82, 2.24) is 14.3 Å². The molecular formula is C21H19N5O3S. The maximum atomic E-state index is 12.8. The third-order valence-corrected chi connectivity index (χ3v) is 5.82. The molecule has 0 aliphatic rings. The Kier molecular flexibility index (Phi) is 5.11.